The molecule has 0 bridgehead atoms. The first kappa shape index (κ1) is 8.07. The van der Waals surface area contributed by atoms with Gasteiger partial charge in [-0.05, 0) is 0 Å². The van der Waals surface area contributed by atoms with Crippen LogP contribution in [0.15, 0.2) is 18.6 Å². The summed E-state index contributed by atoms with van der Waals surface area (Å²) in [5.41, 5.74) is 0.743. The minimum atomic E-state index is 0.707. The zero-order chi connectivity index (χ0) is 8.27. The van der Waals surface area contributed by atoms with Crippen molar-refractivity contribution in [2.75, 3.05) is 14.1 Å². The van der Waals surface area contributed by atoms with Crippen molar-refractivity contribution in [3.05, 3.63) is 24.3 Å². The second-order valence-corrected chi connectivity index (χ2v) is 2.68. The van der Waals surface area contributed by atoms with Crippen molar-refractivity contribution < 1.29 is 0 Å². The van der Waals surface area contributed by atoms with E-state index in [0.717, 1.165) is 5.69 Å². The third kappa shape index (κ3) is 1.94. The normalized spacial score (nSPS) is 9.27. The molecule has 0 aliphatic rings. The summed E-state index contributed by atoms with van der Waals surface area (Å²) in [6, 6.07) is 0. The van der Waals surface area contributed by atoms with E-state index in [-0.39, 0.29) is 0 Å². The predicted octanol–water partition coefficient (Wildman–Crippen LogP) is 0.714. The van der Waals surface area contributed by atoms with E-state index in [0.29, 0.717) is 4.99 Å². The molecule has 0 amide bonds. The van der Waals surface area contributed by atoms with Crippen LogP contribution >= 0.6 is 12.2 Å². The maximum absolute atomic E-state index is 5.07. The minimum absolute atomic E-state index is 0.707. The molecule has 1 aromatic rings. The average Bonchev–Trinajstić information content (AvgIpc) is 2.05. The molecule has 4 heteroatoms. The van der Waals surface area contributed by atoms with E-state index in [1.807, 2.05) is 19.0 Å². The van der Waals surface area contributed by atoms with Crippen LogP contribution in [-0.2, 0) is 0 Å². The first-order valence-electron chi connectivity index (χ1n) is 3.19. The topological polar surface area (TPSA) is 29.0 Å². The summed E-state index contributed by atoms with van der Waals surface area (Å²) in [5.74, 6) is 0. The molecule has 0 spiro atoms. The van der Waals surface area contributed by atoms with Crippen molar-refractivity contribution in [3.63, 3.8) is 0 Å². The Labute approximate surface area is 71.1 Å². The lowest BCUT2D eigenvalue weighted by Crippen LogP contribution is -2.21. The molecule has 0 saturated carbocycles. The van der Waals surface area contributed by atoms with Crippen LogP contribution in [0.2, 0.25) is 0 Å². The molecule has 0 unspecified atom stereocenters. The standard InChI is InChI=1S/C7H9N3S/c1-10(2)7(11)6-5-8-3-4-9-6/h3-5H,1-2H3. The Kier molecular flexibility index (Phi) is 2.48. The number of thiocarbonyl (C=S) groups is 1. The van der Waals surface area contributed by atoms with Crippen LogP contribution in [0.5, 0.6) is 0 Å². The zero-order valence-electron chi connectivity index (χ0n) is 6.48. The number of aromatic nitrogens is 2. The Hall–Kier alpha value is -1.03. The zero-order valence-corrected chi connectivity index (χ0v) is 7.30. The van der Waals surface area contributed by atoms with Gasteiger partial charge in [0, 0.05) is 26.5 Å². The Morgan fingerprint density at radius 1 is 1.45 bits per heavy atom. The van der Waals surface area contributed by atoms with Crippen LogP contribution in [0.25, 0.3) is 0 Å². The smallest absolute Gasteiger partial charge is 0.128 e. The lowest BCUT2D eigenvalue weighted by molar-refractivity contribution is 0.634. The van der Waals surface area contributed by atoms with E-state index in [2.05, 4.69) is 9.97 Å². The highest BCUT2D eigenvalue weighted by Gasteiger charge is 2.02. The fourth-order valence-corrected chi connectivity index (χ4v) is 0.744. The van der Waals surface area contributed by atoms with Crippen LogP contribution in [0.4, 0.5) is 0 Å². The summed E-state index contributed by atoms with van der Waals surface area (Å²) in [4.78, 5) is 10.5. The quantitative estimate of drug-likeness (QED) is 0.576. The van der Waals surface area contributed by atoms with E-state index >= 15 is 0 Å². The number of hydrogen-bond acceptors (Lipinski definition) is 3. The first-order chi connectivity index (χ1) is 5.22. The van der Waals surface area contributed by atoms with E-state index in [1.165, 1.54) is 0 Å². The van der Waals surface area contributed by atoms with Gasteiger partial charge in [-0.25, -0.2) is 0 Å². The Morgan fingerprint density at radius 3 is 2.64 bits per heavy atom. The number of nitrogens with zero attached hydrogens (tertiary/aromatic N) is 3. The summed E-state index contributed by atoms with van der Waals surface area (Å²) < 4.78 is 0. The van der Waals surface area contributed by atoms with Gasteiger partial charge in [0.05, 0.1) is 6.20 Å². The molecule has 0 N–H and O–H groups in total. The third-order valence-corrected chi connectivity index (χ3v) is 1.76. The summed E-state index contributed by atoms with van der Waals surface area (Å²) in [6.07, 6.45) is 4.91. The average molecular weight is 167 g/mol. The highest BCUT2D eigenvalue weighted by Crippen LogP contribution is 1.95. The Morgan fingerprint density at radius 2 is 2.18 bits per heavy atom. The van der Waals surface area contributed by atoms with Crippen LogP contribution in [-0.4, -0.2) is 34.0 Å². The van der Waals surface area contributed by atoms with Crippen molar-refractivity contribution in [2.45, 2.75) is 0 Å². The van der Waals surface area contributed by atoms with Crippen LogP contribution < -0.4 is 0 Å². The van der Waals surface area contributed by atoms with Crippen molar-refractivity contribution in [1.82, 2.24) is 14.9 Å². The summed E-state index contributed by atoms with van der Waals surface area (Å²) >= 11 is 5.07. The van der Waals surface area contributed by atoms with Gasteiger partial charge in [0.15, 0.2) is 0 Å². The lowest BCUT2D eigenvalue weighted by Gasteiger charge is -2.11. The van der Waals surface area contributed by atoms with Crippen LogP contribution in [0, 0.1) is 0 Å². The van der Waals surface area contributed by atoms with Gasteiger partial charge in [-0.15, -0.1) is 0 Å². The fraction of sp³-hybridized carbons (Fsp3) is 0.286. The monoisotopic (exact) mass is 167 g/mol. The molecule has 58 valence electrons. The van der Waals surface area contributed by atoms with E-state index in [1.54, 1.807) is 18.6 Å². The maximum Gasteiger partial charge on any atom is 0.128 e. The van der Waals surface area contributed by atoms with Gasteiger partial charge in [0.1, 0.15) is 10.7 Å². The van der Waals surface area contributed by atoms with E-state index in [4.69, 9.17) is 12.2 Å². The maximum atomic E-state index is 5.07. The highest BCUT2D eigenvalue weighted by molar-refractivity contribution is 7.80. The predicted molar refractivity (Wildman–Crippen MR) is 47.4 cm³/mol. The third-order valence-electron chi connectivity index (χ3n) is 1.19. The van der Waals surface area contributed by atoms with Gasteiger partial charge in [-0.2, -0.15) is 0 Å². The van der Waals surface area contributed by atoms with E-state index in [9.17, 15) is 0 Å². The molecular weight excluding hydrogens is 158 g/mol. The minimum Gasteiger partial charge on any atom is -0.367 e. The SMILES string of the molecule is CN(C)C(=S)c1cnccn1. The summed E-state index contributed by atoms with van der Waals surface area (Å²) in [5, 5.41) is 0. The van der Waals surface area contributed by atoms with Gasteiger partial charge in [0.25, 0.3) is 0 Å². The van der Waals surface area contributed by atoms with Gasteiger partial charge in [-0.3, -0.25) is 9.97 Å². The Balaban J connectivity index is 2.86. The first-order valence-corrected chi connectivity index (χ1v) is 3.60. The lowest BCUT2D eigenvalue weighted by atomic mass is 10.4. The molecule has 1 aromatic heterocycles. The van der Waals surface area contributed by atoms with Gasteiger partial charge in [0.2, 0.25) is 0 Å². The van der Waals surface area contributed by atoms with Crippen LogP contribution in [0.1, 0.15) is 5.69 Å². The van der Waals surface area contributed by atoms with Crippen molar-refractivity contribution in [2.24, 2.45) is 0 Å². The molecule has 0 aromatic carbocycles. The molecule has 0 radical (unpaired) electrons. The second-order valence-electron chi connectivity index (χ2n) is 2.29. The van der Waals surface area contributed by atoms with Gasteiger partial charge in [-0.1, -0.05) is 12.2 Å². The molecule has 1 rings (SSSR count). The highest BCUT2D eigenvalue weighted by atomic mass is 32.1. The van der Waals surface area contributed by atoms with Crippen LogP contribution in [0.3, 0.4) is 0 Å². The van der Waals surface area contributed by atoms with Crippen molar-refractivity contribution >= 4 is 17.2 Å². The van der Waals surface area contributed by atoms with Gasteiger partial charge >= 0.3 is 0 Å². The second kappa shape index (κ2) is 3.39. The van der Waals surface area contributed by atoms with Crippen molar-refractivity contribution in [3.8, 4) is 0 Å². The fourth-order valence-electron chi connectivity index (χ4n) is 0.639. The van der Waals surface area contributed by atoms with E-state index < -0.39 is 0 Å². The molecule has 0 aliphatic heterocycles. The largest absolute Gasteiger partial charge is 0.367 e. The molecule has 3 nitrogen and oxygen atoms in total. The summed E-state index contributed by atoms with van der Waals surface area (Å²) in [6.45, 7) is 0. The number of hydrogen-bond donors (Lipinski definition) is 0. The molecule has 11 heavy (non-hydrogen) atoms. The van der Waals surface area contributed by atoms with Gasteiger partial charge < -0.3 is 4.90 Å². The van der Waals surface area contributed by atoms with Crippen molar-refractivity contribution in [1.29, 1.82) is 0 Å². The molecule has 0 saturated heterocycles. The molecule has 0 fully saturated rings. The Bertz CT molecular complexity index is 245. The molecule has 0 atom stereocenters. The molecular formula is C7H9N3S. The molecule has 0 aliphatic carbocycles. The number of rotatable bonds is 1. The molecule has 1 heterocycles. The summed E-state index contributed by atoms with van der Waals surface area (Å²) in [7, 11) is 3.77.